The molecule has 1 saturated carbocycles. The molecule has 3 aliphatic rings. The molecule has 2 aromatic heterocycles. The van der Waals surface area contributed by atoms with Crippen LogP contribution in [-0.4, -0.2) is 84.6 Å². The van der Waals surface area contributed by atoms with Gasteiger partial charge in [-0.1, -0.05) is 31.0 Å². The van der Waals surface area contributed by atoms with Crippen molar-refractivity contribution in [1.29, 1.82) is 0 Å². The molecule has 6 rings (SSSR count). The maximum absolute atomic E-state index is 13.4. The van der Waals surface area contributed by atoms with Crippen molar-refractivity contribution in [3.8, 4) is 0 Å². The third-order valence-electron chi connectivity index (χ3n) is 7.99. The minimum Gasteiger partial charge on any atom is -0.387 e. The van der Waals surface area contributed by atoms with Gasteiger partial charge in [-0.05, 0) is 36.9 Å². The number of carbonyl (C=O) groups is 1. The summed E-state index contributed by atoms with van der Waals surface area (Å²) >= 11 is 6.23. The molecule has 1 aliphatic carbocycles. The van der Waals surface area contributed by atoms with E-state index in [9.17, 15) is 19.6 Å². The van der Waals surface area contributed by atoms with Crippen LogP contribution in [0.25, 0.3) is 11.2 Å². The summed E-state index contributed by atoms with van der Waals surface area (Å²) in [6.45, 7) is 1.98. The van der Waals surface area contributed by atoms with Gasteiger partial charge in [-0.15, -0.1) is 0 Å². The first-order chi connectivity index (χ1) is 19.6. The maximum Gasteiger partial charge on any atom is 0.303 e. The first-order valence-electron chi connectivity index (χ1n) is 13.6. The van der Waals surface area contributed by atoms with Crippen molar-refractivity contribution in [2.75, 3.05) is 30.2 Å². The van der Waals surface area contributed by atoms with E-state index in [4.69, 9.17) is 20.9 Å². The molecule has 15 heteroatoms. The lowest BCUT2D eigenvalue weighted by atomic mass is 10.1. The van der Waals surface area contributed by atoms with Crippen LogP contribution >= 0.6 is 19.1 Å². The number of aromatic nitrogens is 4. The first-order valence-corrected chi connectivity index (χ1v) is 15.8. The average Bonchev–Trinajstić information content (AvgIpc) is 3.66. The number of amides is 1. The number of likely N-dealkylation sites (N-methyl/N-ethyl adjacent to an activating group) is 1. The molecule has 13 nitrogen and oxygen atoms in total. The fraction of sp³-hybridized carbons (Fsp3) is 0.538. The average molecular weight is 606 g/mol. The highest BCUT2D eigenvalue weighted by molar-refractivity contribution is 7.61. The Kier molecular flexibility index (Phi) is 7.68. The second-order valence-corrected chi connectivity index (χ2v) is 13.4. The minimum atomic E-state index is -3.49. The molecular weight excluding hydrogens is 573 g/mol. The minimum absolute atomic E-state index is 0.0147. The van der Waals surface area contributed by atoms with Gasteiger partial charge in [-0.25, -0.2) is 4.98 Å². The van der Waals surface area contributed by atoms with Gasteiger partial charge in [0.15, 0.2) is 23.2 Å². The van der Waals surface area contributed by atoms with Crippen LogP contribution in [0.1, 0.15) is 43.0 Å². The van der Waals surface area contributed by atoms with Gasteiger partial charge in [0.1, 0.15) is 24.5 Å². The van der Waals surface area contributed by atoms with E-state index in [1.807, 2.05) is 25.1 Å². The number of para-hydroxylation sites is 1. The number of halogens is 1. The number of nitrogens with zero attached hydrogens (tertiary/aromatic N) is 5. The highest BCUT2D eigenvalue weighted by atomic mass is 35.5. The van der Waals surface area contributed by atoms with Gasteiger partial charge < -0.3 is 34.8 Å². The third-order valence-corrected chi connectivity index (χ3v) is 9.96. The second kappa shape index (κ2) is 11.1. The lowest BCUT2D eigenvalue weighted by Crippen LogP contribution is -2.42. The molecular formula is C26H33ClN7O6P. The van der Waals surface area contributed by atoms with Crippen molar-refractivity contribution < 1.29 is 28.8 Å². The number of fused-ring (bicyclic) bond motifs is 2. The Morgan fingerprint density at radius 2 is 2.05 bits per heavy atom. The van der Waals surface area contributed by atoms with Gasteiger partial charge >= 0.3 is 7.52 Å². The number of rotatable bonds is 7. The first kappa shape index (κ1) is 28.3. The van der Waals surface area contributed by atoms with Gasteiger partial charge in [0.25, 0.3) is 0 Å². The molecule has 1 amide bonds. The normalized spacial score (nSPS) is 28.0. The molecule has 4 heterocycles. The number of hydrogen-bond donors (Lipinski definition) is 4. The van der Waals surface area contributed by atoms with Gasteiger partial charge in [-0.2, -0.15) is 9.97 Å². The number of anilines is 2. The monoisotopic (exact) mass is 605 g/mol. The molecule has 41 heavy (non-hydrogen) atoms. The number of aliphatic hydroxyl groups excluding tert-OH is 2. The van der Waals surface area contributed by atoms with Crippen LogP contribution in [0.2, 0.25) is 5.28 Å². The number of aryl methyl sites for hydroxylation is 1. The SMILES string of the molecule is Cc1cccc2c1NP(=O)(CC(=O)N(C)C[C@H]1O[C@@H](n3cnc4c(NC5CCCC5)nc(Cl)nc43)[C@H](O)[C@@H]1O)OC2. The van der Waals surface area contributed by atoms with E-state index in [0.29, 0.717) is 17.0 Å². The Morgan fingerprint density at radius 3 is 2.83 bits per heavy atom. The predicted octanol–water partition coefficient (Wildman–Crippen LogP) is 3.06. The molecule has 220 valence electrons. The number of hydrogen-bond acceptors (Lipinski definition) is 10. The number of nitrogens with one attached hydrogen (secondary N) is 2. The van der Waals surface area contributed by atoms with Crippen LogP contribution in [0.3, 0.4) is 0 Å². The van der Waals surface area contributed by atoms with Crippen LogP contribution in [0.4, 0.5) is 11.5 Å². The van der Waals surface area contributed by atoms with Crippen LogP contribution in [0, 0.1) is 6.92 Å². The van der Waals surface area contributed by atoms with E-state index in [1.165, 1.54) is 22.8 Å². The number of aliphatic hydroxyl groups is 2. The number of ether oxygens (including phenoxy) is 1. The Bertz CT molecular complexity index is 1510. The molecule has 1 saturated heterocycles. The highest BCUT2D eigenvalue weighted by Crippen LogP contribution is 2.52. The number of imidazole rings is 1. The van der Waals surface area contributed by atoms with E-state index in [1.54, 1.807) is 0 Å². The van der Waals surface area contributed by atoms with E-state index in [2.05, 4.69) is 25.4 Å². The lowest BCUT2D eigenvalue weighted by molar-refractivity contribution is -0.130. The molecule has 1 aromatic carbocycles. The van der Waals surface area contributed by atoms with Crippen molar-refractivity contribution in [2.45, 2.75) is 69.8 Å². The highest BCUT2D eigenvalue weighted by Gasteiger charge is 2.45. The number of carbonyl (C=O) groups excluding carboxylic acids is 1. The van der Waals surface area contributed by atoms with Crippen LogP contribution in [-0.2, 0) is 25.2 Å². The summed E-state index contributed by atoms with van der Waals surface area (Å²) in [6.07, 6.45) is 0.821. The van der Waals surface area contributed by atoms with Crippen LogP contribution in [0.5, 0.6) is 0 Å². The molecule has 0 radical (unpaired) electrons. The summed E-state index contributed by atoms with van der Waals surface area (Å²) in [5.74, 6) is 0.0497. The van der Waals surface area contributed by atoms with E-state index >= 15 is 0 Å². The predicted molar refractivity (Wildman–Crippen MR) is 152 cm³/mol. The zero-order valence-electron chi connectivity index (χ0n) is 22.7. The van der Waals surface area contributed by atoms with Gasteiger partial charge in [0.2, 0.25) is 11.2 Å². The zero-order chi connectivity index (χ0) is 28.9. The fourth-order valence-electron chi connectivity index (χ4n) is 5.69. The summed E-state index contributed by atoms with van der Waals surface area (Å²) in [4.78, 5) is 27.5. The molecule has 1 unspecified atom stereocenters. The largest absolute Gasteiger partial charge is 0.387 e. The van der Waals surface area contributed by atoms with Crippen molar-refractivity contribution in [2.24, 2.45) is 0 Å². The Balaban J connectivity index is 1.14. The third kappa shape index (κ3) is 5.54. The van der Waals surface area contributed by atoms with Gasteiger partial charge in [0.05, 0.1) is 12.9 Å². The number of benzene rings is 1. The van der Waals surface area contributed by atoms with Gasteiger partial charge in [-0.3, -0.25) is 13.9 Å². The molecule has 2 aliphatic heterocycles. The smallest absolute Gasteiger partial charge is 0.303 e. The molecule has 0 spiro atoms. The summed E-state index contributed by atoms with van der Waals surface area (Å²) in [7, 11) is -1.97. The van der Waals surface area contributed by atoms with Crippen LogP contribution < -0.4 is 10.4 Å². The molecule has 5 atom stereocenters. The summed E-state index contributed by atoms with van der Waals surface area (Å²) in [5, 5.41) is 28.1. The van der Waals surface area contributed by atoms with E-state index in [-0.39, 0.29) is 30.6 Å². The quantitative estimate of drug-likeness (QED) is 0.231. The Morgan fingerprint density at radius 1 is 1.27 bits per heavy atom. The molecule has 3 aromatic rings. The fourth-order valence-corrected chi connectivity index (χ4v) is 7.70. The Labute approximate surface area is 241 Å². The summed E-state index contributed by atoms with van der Waals surface area (Å²) < 4.78 is 26.5. The van der Waals surface area contributed by atoms with Crippen molar-refractivity contribution >= 4 is 47.7 Å². The topological polar surface area (TPSA) is 164 Å². The summed E-state index contributed by atoms with van der Waals surface area (Å²) in [5.41, 5.74) is 3.33. The molecule has 0 bridgehead atoms. The lowest BCUT2D eigenvalue weighted by Gasteiger charge is -2.30. The molecule has 4 N–H and O–H groups in total. The Hall–Kier alpha value is -2.80. The van der Waals surface area contributed by atoms with Crippen LogP contribution in [0.15, 0.2) is 24.5 Å². The standard InChI is InChI=1S/C26H33ClN7O6P/c1-14-6-5-7-15-11-39-41(38,32-19(14)15)12-18(35)33(2)10-17-21(36)22(37)25(40-17)34-13-28-20-23(29-16-8-3-4-9-16)30-26(27)31-24(20)34/h5-7,13,16-17,21-22,25,36-37H,3-4,8-12H2,1-2H3,(H,32,38)(H,29,30,31)/t17-,21-,22-,25-,41?/m1/s1. The molecule has 2 fully saturated rings. The second-order valence-electron chi connectivity index (χ2n) is 10.9. The van der Waals surface area contributed by atoms with Crippen molar-refractivity contribution in [3.63, 3.8) is 0 Å². The van der Waals surface area contributed by atoms with Crippen molar-refractivity contribution in [1.82, 2.24) is 24.4 Å². The van der Waals surface area contributed by atoms with E-state index < -0.39 is 38.0 Å². The van der Waals surface area contributed by atoms with Crippen molar-refractivity contribution in [3.05, 3.63) is 40.9 Å². The zero-order valence-corrected chi connectivity index (χ0v) is 24.4. The maximum atomic E-state index is 13.4. The van der Waals surface area contributed by atoms with E-state index in [0.717, 1.165) is 42.5 Å². The van der Waals surface area contributed by atoms with Gasteiger partial charge in [0, 0.05) is 30.9 Å². The summed E-state index contributed by atoms with van der Waals surface area (Å²) in [6, 6.07) is 5.94.